The molecule has 0 atom stereocenters. The van der Waals surface area contributed by atoms with Crippen LogP contribution < -0.4 is 0 Å². The fourth-order valence-electron chi connectivity index (χ4n) is 1.61. The van der Waals surface area contributed by atoms with Crippen LogP contribution in [0.25, 0.3) is 0 Å². The minimum atomic E-state index is -0.714. The Kier molecular flexibility index (Phi) is 15.4. The number of carboxylic acids is 2. The highest BCUT2D eigenvalue weighted by molar-refractivity contribution is 5.75. The summed E-state index contributed by atoms with van der Waals surface area (Å²) >= 11 is 0. The van der Waals surface area contributed by atoms with Gasteiger partial charge in [-0.25, -0.2) is 0 Å². The average molecular weight is 257 g/mol. The van der Waals surface area contributed by atoms with Crippen molar-refractivity contribution >= 4 is 35.0 Å². The van der Waals surface area contributed by atoms with Crippen LogP contribution in [0.4, 0.5) is 0 Å². The minimum Gasteiger partial charge on any atom is -0.481 e. The van der Waals surface area contributed by atoms with Crippen LogP contribution in [0.5, 0.6) is 0 Å². The first-order chi connectivity index (χ1) is 7.63. The third-order valence-electron chi connectivity index (χ3n) is 2.53. The topological polar surface area (TPSA) is 74.6 Å². The zero-order valence-corrected chi connectivity index (χ0v) is 9.78. The van der Waals surface area contributed by atoms with Gasteiger partial charge in [0.1, 0.15) is 0 Å². The SMILES string of the molecule is O=C(O)CCCCCCCCCCC(=O)O.[MgH2]. The van der Waals surface area contributed by atoms with Crippen molar-refractivity contribution in [3.05, 3.63) is 0 Å². The van der Waals surface area contributed by atoms with Gasteiger partial charge in [-0.1, -0.05) is 38.5 Å². The van der Waals surface area contributed by atoms with Gasteiger partial charge in [0, 0.05) is 12.8 Å². The second-order valence-corrected chi connectivity index (χ2v) is 4.12. The summed E-state index contributed by atoms with van der Waals surface area (Å²) in [7, 11) is 0. The molecule has 0 spiro atoms. The standard InChI is InChI=1S/C12H22O4.Mg.2H/c13-11(14)9-7-5-3-1-2-4-6-8-10-12(15)16;;;/h1-10H2,(H,13,14)(H,15,16);;;. The van der Waals surface area contributed by atoms with Crippen molar-refractivity contribution in [3.63, 3.8) is 0 Å². The van der Waals surface area contributed by atoms with Gasteiger partial charge in [-0.3, -0.25) is 9.59 Å². The van der Waals surface area contributed by atoms with Gasteiger partial charge in [0.2, 0.25) is 0 Å². The van der Waals surface area contributed by atoms with E-state index in [-0.39, 0.29) is 35.9 Å². The zero-order valence-electron chi connectivity index (χ0n) is 9.78. The van der Waals surface area contributed by atoms with Crippen molar-refractivity contribution in [1.29, 1.82) is 0 Å². The number of rotatable bonds is 11. The van der Waals surface area contributed by atoms with Crippen molar-refractivity contribution in [2.24, 2.45) is 0 Å². The Labute approximate surface area is 119 Å². The summed E-state index contributed by atoms with van der Waals surface area (Å²) in [6.45, 7) is 0. The van der Waals surface area contributed by atoms with E-state index in [1.165, 1.54) is 0 Å². The predicted octanol–water partition coefficient (Wildman–Crippen LogP) is 2.14. The molecule has 0 aromatic carbocycles. The van der Waals surface area contributed by atoms with Gasteiger partial charge in [0.25, 0.3) is 0 Å². The van der Waals surface area contributed by atoms with Crippen molar-refractivity contribution in [3.8, 4) is 0 Å². The molecule has 0 aliphatic heterocycles. The zero-order chi connectivity index (χ0) is 12.2. The van der Waals surface area contributed by atoms with Crippen molar-refractivity contribution in [1.82, 2.24) is 0 Å². The number of aliphatic carboxylic acids is 2. The molecule has 0 aliphatic rings. The van der Waals surface area contributed by atoms with E-state index in [1.807, 2.05) is 0 Å². The van der Waals surface area contributed by atoms with Crippen molar-refractivity contribution < 1.29 is 19.8 Å². The lowest BCUT2D eigenvalue weighted by Crippen LogP contribution is -1.94. The highest BCUT2D eigenvalue weighted by atomic mass is 24.3. The van der Waals surface area contributed by atoms with Crippen LogP contribution in [0.15, 0.2) is 0 Å². The van der Waals surface area contributed by atoms with E-state index in [2.05, 4.69) is 0 Å². The Morgan fingerprint density at radius 3 is 1.06 bits per heavy atom. The molecule has 2 N–H and O–H groups in total. The fraction of sp³-hybridized carbons (Fsp3) is 0.833. The molecule has 0 aromatic rings. The first-order valence-electron chi connectivity index (χ1n) is 6.06. The van der Waals surface area contributed by atoms with E-state index < -0.39 is 11.9 Å². The van der Waals surface area contributed by atoms with Crippen LogP contribution >= 0.6 is 0 Å². The average Bonchev–Trinajstić information content (AvgIpc) is 2.20. The van der Waals surface area contributed by atoms with Crippen molar-refractivity contribution in [2.45, 2.75) is 64.2 Å². The maximum atomic E-state index is 10.2. The summed E-state index contributed by atoms with van der Waals surface area (Å²) in [5, 5.41) is 16.8. The first-order valence-corrected chi connectivity index (χ1v) is 6.06. The number of carbonyl (C=O) groups is 2. The van der Waals surface area contributed by atoms with Crippen molar-refractivity contribution in [2.75, 3.05) is 0 Å². The quantitative estimate of drug-likeness (QED) is 0.439. The molecule has 0 aliphatic carbocycles. The molecule has 0 saturated heterocycles. The molecular formula is C12H24MgO4. The summed E-state index contributed by atoms with van der Waals surface area (Å²) in [4.78, 5) is 20.4. The van der Waals surface area contributed by atoms with E-state index in [9.17, 15) is 9.59 Å². The smallest absolute Gasteiger partial charge is 0.316 e. The van der Waals surface area contributed by atoms with Crippen LogP contribution in [-0.4, -0.2) is 45.2 Å². The molecule has 5 heteroatoms. The molecule has 4 nitrogen and oxygen atoms in total. The third kappa shape index (κ3) is 18.3. The van der Waals surface area contributed by atoms with Crippen LogP contribution in [0.1, 0.15) is 64.2 Å². The molecule has 0 bridgehead atoms. The van der Waals surface area contributed by atoms with Gasteiger partial charge in [-0.2, -0.15) is 0 Å². The summed E-state index contributed by atoms with van der Waals surface area (Å²) in [5.74, 6) is -1.43. The van der Waals surface area contributed by atoms with Gasteiger partial charge in [-0.05, 0) is 12.8 Å². The highest BCUT2D eigenvalue weighted by Crippen LogP contribution is 2.10. The van der Waals surface area contributed by atoms with Gasteiger partial charge in [-0.15, -0.1) is 0 Å². The van der Waals surface area contributed by atoms with Gasteiger partial charge in [0.05, 0.1) is 0 Å². The molecule has 0 heterocycles. The van der Waals surface area contributed by atoms with Gasteiger partial charge < -0.3 is 10.2 Å². The van der Waals surface area contributed by atoms with E-state index in [0.717, 1.165) is 51.4 Å². The summed E-state index contributed by atoms with van der Waals surface area (Å²) in [6, 6.07) is 0. The maximum Gasteiger partial charge on any atom is 0.316 e. The van der Waals surface area contributed by atoms with E-state index in [0.29, 0.717) is 0 Å². The van der Waals surface area contributed by atoms with Crippen LogP contribution in [0.3, 0.4) is 0 Å². The Hall–Kier alpha value is -0.294. The Balaban J connectivity index is 0. The molecule has 98 valence electrons. The van der Waals surface area contributed by atoms with Crippen LogP contribution in [0, 0.1) is 0 Å². The molecule has 0 aromatic heterocycles. The molecule has 0 amide bonds. The lowest BCUT2D eigenvalue weighted by atomic mass is 10.1. The monoisotopic (exact) mass is 256 g/mol. The molecule has 0 saturated carbocycles. The van der Waals surface area contributed by atoms with E-state index in [1.54, 1.807) is 0 Å². The number of hydrogen-bond donors (Lipinski definition) is 2. The predicted molar refractivity (Wildman–Crippen MR) is 70.0 cm³/mol. The summed E-state index contributed by atoms with van der Waals surface area (Å²) in [5.41, 5.74) is 0. The largest absolute Gasteiger partial charge is 0.481 e. The van der Waals surface area contributed by atoms with Crippen LogP contribution in [0.2, 0.25) is 0 Å². The maximum absolute atomic E-state index is 10.2. The Bertz CT molecular complexity index is 185. The number of unbranched alkanes of at least 4 members (excludes halogenated alkanes) is 7. The number of carboxylic acid groups (broad SMARTS) is 2. The second kappa shape index (κ2) is 13.8. The normalized spacial score (nSPS) is 9.65. The van der Waals surface area contributed by atoms with Gasteiger partial charge in [0.15, 0.2) is 0 Å². The summed E-state index contributed by atoms with van der Waals surface area (Å²) in [6.07, 6.45) is 8.51. The Morgan fingerprint density at radius 1 is 0.588 bits per heavy atom. The number of hydrogen-bond acceptors (Lipinski definition) is 2. The highest BCUT2D eigenvalue weighted by Gasteiger charge is 1.98. The first kappa shape index (κ1) is 19.1. The lowest BCUT2D eigenvalue weighted by molar-refractivity contribution is -0.138. The minimum absolute atomic E-state index is 0. The molecular weight excluding hydrogens is 232 g/mol. The molecule has 0 unspecified atom stereocenters. The third-order valence-corrected chi connectivity index (χ3v) is 2.53. The fourth-order valence-corrected chi connectivity index (χ4v) is 1.61. The van der Waals surface area contributed by atoms with Gasteiger partial charge >= 0.3 is 35.0 Å². The Morgan fingerprint density at radius 2 is 0.824 bits per heavy atom. The molecule has 0 rings (SSSR count). The van der Waals surface area contributed by atoms with E-state index in [4.69, 9.17) is 10.2 Å². The molecule has 0 radical (unpaired) electrons. The second-order valence-electron chi connectivity index (χ2n) is 4.12. The molecule has 0 fully saturated rings. The molecule has 17 heavy (non-hydrogen) atoms. The lowest BCUT2D eigenvalue weighted by Gasteiger charge is -2.00. The van der Waals surface area contributed by atoms with E-state index >= 15 is 0 Å². The summed E-state index contributed by atoms with van der Waals surface area (Å²) < 4.78 is 0. The van der Waals surface area contributed by atoms with Crippen LogP contribution in [-0.2, 0) is 9.59 Å².